The molecule has 170 valence electrons. The van der Waals surface area contributed by atoms with E-state index in [4.69, 9.17) is 10.5 Å². The number of hydrogen-bond donors (Lipinski definition) is 2. The Hall–Kier alpha value is -3.24. The number of aromatic nitrogens is 4. The lowest BCUT2D eigenvalue weighted by Gasteiger charge is -2.19. The number of ether oxygens (including phenoxy) is 1. The van der Waals surface area contributed by atoms with Gasteiger partial charge in [-0.05, 0) is 55.5 Å². The molecule has 3 heterocycles. The number of nitrogens with two attached hydrogens (primary N) is 1. The van der Waals surface area contributed by atoms with Crippen LogP contribution in [0.4, 0.5) is 4.39 Å². The molecule has 3 N–H and O–H groups in total. The van der Waals surface area contributed by atoms with Crippen molar-refractivity contribution < 1.29 is 18.7 Å². The first-order chi connectivity index (χ1) is 15.4. The second-order valence-corrected chi connectivity index (χ2v) is 7.61. The number of aryl methyl sites for hydroxylation is 1. The summed E-state index contributed by atoms with van der Waals surface area (Å²) in [5, 5.41) is 6.60. The maximum absolute atomic E-state index is 13.3. The Morgan fingerprint density at radius 2 is 2.03 bits per heavy atom. The van der Waals surface area contributed by atoms with Crippen LogP contribution >= 0.6 is 0 Å². The van der Waals surface area contributed by atoms with Crippen molar-refractivity contribution in [2.75, 3.05) is 19.8 Å². The summed E-state index contributed by atoms with van der Waals surface area (Å²) in [5.74, 6) is -0.0922. The number of benzene rings is 1. The quantitative estimate of drug-likeness (QED) is 0.580. The summed E-state index contributed by atoms with van der Waals surface area (Å²) in [7, 11) is 0. The lowest BCUT2D eigenvalue weighted by atomic mass is 10.0. The maximum Gasteiger partial charge on any atom is 0.270 e. The van der Waals surface area contributed by atoms with Gasteiger partial charge in [-0.1, -0.05) is 12.1 Å². The number of ketones is 1. The van der Waals surface area contributed by atoms with Gasteiger partial charge in [0.1, 0.15) is 23.5 Å². The van der Waals surface area contributed by atoms with Crippen molar-refractivity contribution in [3.05, 3.63) is 58.9 Å². The van der Waals surface area contributed by atoms with Gasteiger partial charge >= 0.3 is 0 Å². The average molecular weight is 442 g/mol. The van der Waals surface area contributed by atoms with E-state index in [-0.39, 0.29) is 35.3 Å². The van der Waals surface area contributed by atoms with Crippen molar-refractivity contribution in [1.29, 1.82) is 0 Å². The van der Waals surface area contributed by atoms with E-state index >= 15 is 0 Å². The highest BCUT2D eigenvalue weighted by molar-refractivity contribution is 5.98. The van der Waals surface area contributed by atoms with Crippen LogP contribution in [0.1, 0.15) is 51.9 Å². The average Bonchev–Trinajstić information content (AvgIpc) is 3.28. The molecule has 1 amide bonds. The summed E-state index contributed by atoms with van der Waals surface area (Å²) in [6.45, 7) is 5.92. The third-order valence-corrected chi connectivity index (χ3v) is 5.19. The Morgan fingerprint density at radius 3 is 2.66 bits per heavy atom. The molecule has 1 aromatic carbocycles. The van der Waals surface area contributed by atoms with E-state index in [9.17, 15) is 14.0 Å². The van der Waals surface area contributed by atoms with Crippen LogP contribution < -0.4 is 11.1 Å². The molecule has 10 heteroatoms. The van der Waals surface area contributed by atoms with E-state index in [2.05, 4.69) is 20.4 Å². The Bertz CT molecular complexity index is 1090. The Morgan fingerprint density at radius 1 is 1.28 bits per heavy atom. The highest BCUT2D eigenvalue weighted by atomic mass is 19.1. The first-order valence-corrected chi connectivity index (χ1v) is 10.4. The van der Waals surface area contributed by atoms with Gasteiger partial charge in [0.2, 0.25) is 0 Å². The van der Waals surface area contributed by atoms with Crippen molar-refractivity contribution >= 4 is 17.5 Å². The summed E-state index contributed by atoms with van der Waals surface area (Å²) < 4.78 is 19.7. The standard InChI is InChI=1S/C16H14FN5O2.C6H13NO/c1-9-5-11(3-4-12(9)17)7-18-15(24)13-6-14(10(2)23)22-16(21-13)19-8-20-22;7-5-6-1-3-8-4-2-6/h3-6,8H,7H2,1-2H3,(H,18,24);6H,1-5,7H2. The molecule has 0 atom stereocenters. The van der Waals surface area contributed by atoms with Gasteiger partial charge in [0, 0.05) is 26.7 Å². The van der Waals surface area contributed by atoms with Gasteiger partial charge in [0.05, 0.1) is 0 Å². The molecule has 9 nitrogen and oxygen atoms in total. The molecule has 1 saturated heterocycles. The number of hydrogen-bond acceptors (Lipinski definition) is 7. The fourth-order valence-electron chi connectivity index (χ4n) is 3.25. The van der Waals surface area contributed by atoms with Crippen LogP contribution in [-0.4, -0.2) is 51.0 Å². The molecule has 2 aromatic heterocycles. The van der Waals surface area contributed by atoms with E-state index < -0.39 is 5.91 Å². The van der Waals surface area contributed by atoms with E-state index in [1.807, 2.05) is 0 Å². The smallest absolute Gasteiger partial charge is 0.270 e. The van der Waals surface area contributed by atoms with Crippen LogP contribution in [0.15, 0.2) is 30.6 Å². The van der Waals surface area contributed by atoms with Gasteiger partial charge < -0.3 is 15.8 Å². The van der Waals surface area contributed by atoms with E-state index in [0.29, 0.717) is 5.56 Å². The van der Waals surface area contributed by atoms with Crippen molar-refractivity contribution in [3.8, 4) is 0 Å². The second-order valence-electron chi connectivity index (χ2n) is 7.61. The molecule has 32 heavy (non-hydrogen) atoms. The summed E-state index contributed by atoms with van der Waals surface area (Å²) in [4.78, 5) is 32.0. The van der Waals surface area contributed by atoms with Gasteiger partial charge in [-0.3, -0.25) is 9.59 Å². The molecule has 4 rings (SSSR count). The molecule has 0 radical (unpaired) electrons. The molecule has 1 fully saturated rings. The fraction of sp³-hybridized carbons (Fsp3) is 0.409. The highest BCUT2D eigenvalue weighted by Crippen LogP contribution is 2.12. The fourth-order valence-corrected chi connectivity index (χ4v) is 3.25. The van der Waals surface area contributed by atoms with Gasteiger partial charge in [-0.25, -0.2) is 9.37 Å². The van der Waals surface area contributed by atoms with Gasteiger partial charge in [-0.15, -0.1) is 0 Å². The van der Waals surface area contributed by atoms with Crippen LogP contribution in [0.2, 0.25) is 0 Å². The molecular formula is C22H27FN6O3. The number of carbonyl (C=O) groups excluding carboxylic acids is 2. The molecule has 3 aromatic rings. The van der Waals surface area contributed by atoms with E-state index in [0.717, 1.165) is 44.1 Å². The van der Waals surface area contributed by atoms with Crippen molar-refractivity contribution in [1.82, 2.24) is 24.9 Å². The van der Waals surface area contributed by atoms with Crippen LogP contribution in [0, 0.1) is 18.7 Å². The minimum atomic E-state index is -0.454. The van der Waals surface area contributed by atoms with Crippen LogP contribution in [0.5, 0.6) is 0 Å². The lowest BCUT2D eigenvalue weighted by molar-refractivity contribution is 0.0688. The van der Waals surface area contributed by atoms with Gasteiger partial charge in [0.25, 0.3) is 11.7 Å². The Kier molecular flexibility index (Phi) is 7.96. The third kappa shape index (κ3) is 5.92. The monoisotopic (exact) mass is 442 g/mol. The first-order valence-electron chi connectivity index (χ1n) is 10.4. The highest BCUT2D eigenvalue weighted by Gasteiger charge is 2.16. The minimum Gasteiger partial charge on any atom is -0.381 e. The topological polar surface area (TPSA) is 124 Å². The second kappa shape index (κ2) is 10.9. The zero-order valence-electron chi connectivity index (χ0n) is 18.2. The van der Waals surface area contributed by atoms with Crippen molar-refractivity contribution in [2.24, 2.45) is 11.7 Å². The molecular weight excluding hydrogens is 415 g/mol. The van der Waals surface area contributed by atoms with E-state index in [1.165, 1.54) is 29.9 Å². The normalized spacial score (nSPS) is 14.0. The molecule has 0 spiro atoms. The number of halogens is 1. The predicted molar refractivity (Wildman–Crippen MR) is 116 cm³/mol. The number of nitrogens with one attached hydrogen (secondary N) is 1. The summed E-state index contributed by atoms with van der Waals surface area (Å²) in [5.41, 5.74) is 7.00. The molecule has 0 bridgehead atoms. The molecule has 1 aliphatic rings. The van der Waals surface area contributed by atoms with Gasteiger partial charge in [-0.2, -0.15) is 14.6 Å². The Balaban J connectivity index is 0.000000305. The largest absolute Gasteiger partial charge is 0.381 e. The summed E-state index contributed by atoms with van der Waals surface area (Å²) in [6, 6.07) is 5.98. The van der Waals surface area contributed by atoms with Gasteiger partial charge in [0.15, 0.2) is 5.78 Å². The molecule has 0 aliphatic carbocycles. The van der Waals surface area contributed by atoms with Crippen LogP contribution in [0.25, 0.3) is 5.78 Å². The number of fused-ring (bicyclic) bond motifs is 1. The summed E-state index contributed by atoms with van der Waals surface area (Å²) >= 11 is 0. The zero-order valence-corrected chi connectivity index (χ0v) is 18.2. The minimum absolute atomic E-state index is 0.0690. The summed E-state index contributed by atoms with van der Waals surface area (Å²) in [6.07, 6.45) is 3.59. The molecule has 0 unspecified atom stereocenters. The third-order valence-electron chi connectivity index (χ3n) is 5.19. The zero-order chi connectivity index (χ0) is 23.1. The van der Waals surface area contributed by atoms with Crippen LogP contribution in [0.3, 0.4) is 0 Å². The number of Topliss-reactive ketones (excluding diaryl/α,β-unsaturated/α-hetero) is 1. The van der Waals surface area contributed by atoms with Crippen LogP contribution in [-0.2, 0) is 11.3 Å². The van der Waals surface area contributed by atoms with Crippen molar-refractivity contribution in [2.45, 2.75) is 33.2 Å². The number of carbonyl (C=O) groups is 2. The predicted octanol–water partition coefficient (Wildman–Crippen LogP) is 2.08. The number of rotatable bonds is 5. The maximum atomic E-state index is 13.3. The SMILES string of the molecule is CC(=O)c1cc(C(=O)NCc2ccc(F)c(C)c2)nc2ncnn12.NCC1CCOCC1. The first kappa shape index (κ1) is 23.4. The number of amides is 1. The Labute approximate surface area is 185 Å². The van der Waals surface area contributed by atoms with E-state index in [1.54, 1.807) is 19.1 Å². The number of nitrogens with zero attached hydrogens (tertiary/aromatic N) is 4. The molecule has 1 aliphatic heterocycles. The molecule has 0 saturated carbocycles. The lowest BCUT2D eigenvalue weighted by Crippen LogP contribution is -2.25. The van der Waals surface area contributed by atoms with Crippen molar-refractivity contribution in [3.63, 3.8) is 0 Å².